The van der Waals surface area contributed by atoms with Gasteiger partial charge < -0.3 is 21.7 Å². The van der Waals surface area contributed by atoms with Gasteiger partial charge in [-0.2, -0.15) is 0 Å². The quantitative estimate of drug-likeness (QED) is 0.550. The molecular weight excluding hydrogens is 358 g/mol. The summed E-state index contributed by atoms with van der Waals surface area (Å²) < 4.78 is 0. The molecule has 2 aromatic rings. The third kappa shape index (κ3) is 4.28. The average molecular weight is 381 g/mol. The van der Waals surface area contributed by atoms with Crippen LogP contribution in [0.5, 0.6) is 0 Å². The number of nitrogens with one attached hydrogen (secondary N) is 1. The van der Waals surface area contributed by atoms with Crippen LogP contribution in [0.1, 0.15) is 41.7 Å². The number of likely N-dealkylation sites (tertiary alicyclic amines) is 1. The van der Waals surface area contributed by atoms with Crippen molar-refractivity contribution in [3.05, 3.63) is 53.9 Å². The first-order chi connectivity index (χ1) is 13.3. The monoisotopic (exact) mass is 381 g/mol. The van der Waals surface area contributed by atoms with Gasteiger partial charge in [-0.15, -0.1) is 0 Å². The van der Waals surface area contributed by atoms with Crippen LogP contribution in [0.2, 0.25) is 0 Å². The van der Waals surface area contributed by atoms with Gasteiger partial charge in [0.2, 0.25) is 5.91 Å². The summed E-state index contributed by atoms with van der Waals surface area (Å²) in [6, 6.07) is 8.54. The van der Waals surface area contributed by atoms with Crippen LogP contribution < -0.4 is 16.8 Å². The van der Waals surface area contributed by atoms with Gasteiger partial charge >= 0.3 is 11.8 Å². The zero-order valence-corrected chi connectivity index (χ0v) is 15.6. The van der Waals surface area contributed by atoms with Crippen LogP contribution in [0.25, 0.3) is 0 Å². The van der Waals surface area contributed by atoms with Crippen LogP contribution >= 0.6 is 0 Å². The lowest BCUT2D eigenvalue weighted by Gasteiger charge is -2.38. The number of aromatic nitrogens is 1. The summed E-state index contributed by atoms with van der Waals surface area (Å²) in [7, 11) is 0. The number of pyridine rings is 1. The summed E-state index contributed by atoms with van der Waals surface area (Å²) in [6.45, 7) is 2.54. The second-order valence-corrected chi connectivity index (χ2v) is 7.10. The molecule has 1 fully saturated rings. The van der Waals surface area contributed by atoms with Gasteiger partial charge in [0.05, 0.1) is 23.5 Å². The molecule has 5 N–H and O–H groups in total. The predicted molar refractivity (Wildman–Crippen MR) is 105 cm³/mol. The Labute approximate surface area is 162 Å². The van der Waals surface area contributed by atoms with E-state index in [0.717, 1.165) is 18.4 Å². The molecule has 28 heavy (non-hydrogen) atoms. The zero-order valence-electron chi connectivity index (χ0n) is 15.6. The van der Waals surface area contributed by atoms with Crippen LogP contribution in [0, 0.1) is 5.92 Å². The molecule has 0 aliphatic carbocycles. The number of primary amides is 1. The molecular formula is C20H23N5O3. The van der Waals surface area contributed by atoms with Crippen molar-refractivity contribution in [2.24, 2.45) is 11.7 Å². The van der Waals surface area contributed by atoms with Crippen molar-refractivity contribution in [1.82, 2.24) is 9.88 Å². The largest absolute Gasteiger partial charge is 0.399 e. The van der Waals surface area contributed by atoms with E-state index in [9.17, 15) is 14.4 Å². The lowest BCUT2D eigenvalue weighted by molar-refractivity contribution is -0.146. The molecule has 0 spiro atoms. The Hall–Kier alpha value is -3.42. The van der Waals surface area contributed by atoms with Crippen molar-refractivity contribution in [2.75, 3.05) is 17.6 Å². The minimum atomic E-state index is -0.780. The van der Waals surface area contributed by atoms with Crippen LogP contribution in [0.3, 0.4) is 0 Å². The smallest absolute Gasteiger partial charge is 0.313 e. The van der Waals surface area contributed by atoms with E-state index in [-0.39, 0.29) is 17.3 Å². The number of nitrogens with zero attached hydrogens (tertiary/aromatic N) is 2. The van der Waals surface area contributed by atoms with Crippen LogP contribution in [0.4, 0.5) is 11.4 Å². The molecule has 1 aromatic carbocycles. The number of hydrogen-bond acceptors (Lipinski definition) is 5. The number of carbonyl (C=O) groups is 3. The maximum atomic E-state index is 12.9. The molecule has 1 aromatic heterocycles. The number of benzene rings is 1. The first-order valence-electron chi connectivity index (χ1n) is 9.07. The highest BCUT2D eigenvalue weighted by Crippen LogP contribution is 2.33. The number of piperidine rings is 1. The van der Waals surface area contributed by atoms with E-state index in [2.05, 4.69) is 17.2 Å². The maximum absolute atomic E-state index is 12.9. The van der Waals surface area contributed by atoms with Gasteiger partial charge in [-0.3, -0.25) is 19.4 Å². The molecule has 0 radical (unpaired) electrons. The Morgan fingerprint density at radius 1 is 1.14 bits per heavy atom. The highest BCUT2D eigenvalue weighted by molar-refractivity contribution is 6.39. The van der Waals surface area contributed by atoms with Gasteiger partial charge in [-0.05, 0) is 42.5 Å². The molecule has 1 aliphatic rings. The SMILES string of the molecule is C[C@@H]1CC[C@@H](c2ccc(N)cc2)N(C(=O)C(=O)Nc2cncc(C(N)=O)c2)C1. The second-order valence-electron chi connectivity index (χ2n) is 7.10. The lowest BCUT2D eigenvalue weighted by atomic mass is 9.89. The molecule has 8 nitrogen and oxygen atoms in total. The molecule has 0 unspecified atom stereocenters. The highest BCUT2D eigenvalue weighted by atomic mass is 16.2. The summed E-state index contributed by atoms with van der Waals surface area (Å²) in [5.74, 6) is -1.78. The van der Waals surface area contributed by atoms with Crippen LogP contribution in [0.15, 0.2) is 42.7 Å². The van der Waals surface area contributed by atoms with Crippen LogP contribution in [-0.4, -0.2) is 34.2 Å². The minimum Gasteiger partial charge on any atom is -0.399 e. The first kappa shape index (κ1) is 19.3. The molecule has 1 saturated heterocycles. The first-order valence-corrected chi connectivity index (χ1v) is 9.07. The van der Waals surface area contributed by atoms with Gasteiger partial charge in [-0.25, -0.2) is 0 Å². The zero-order chi connectivity index (χ0) is 20.3. The summed E-state index contributed by atoms with van der Waals surface area (Å²) >= 11 is 0. The molecule has 146 valence electrons. The number of rotatable bonds is 3. The normalized spacial score (nSPS) is 19.1. The van der Waals surface area contributed by atoms with Gasteiger partial charge in [0.25, 0.3) is 0 Å². The van der Waals surface area contributed by atoms with Gasteiger partial charge in [0.15, 0.2) is 0 Å². The molecule has 2 heterocycles. The number of anilines is 2. The van der Waals surface area contributed by atoms with Crippen molar-refractivity contribution >= 4 is 29.1 Å². The van der Waals surface area contributed by atoms with E-state index in [1.165, 1.54) is 18.5 Å². The molecule has 8 heteroatoms. The van der Waals surface area contributed by atoms with E-state index in [1.54, 1.807) is 17.0 Å². The summed E-state index contributed by atoms with van der Waals surface area (Å²) in [5, 5.41) is 2.51. The molecule has 0 bridgehead atoms. The Balaban J connectivity index is 1.79. The Kier molecular flexibility index (Phi) is 5.58. The average Bonchev–Trinajstić information content (AvgIpc) is 2.68. The lowest BCUT2D eigenvalue weighted by Crippen LogP contribution is -2.46. The molecule has 2 atom stereocenters. The summed E-state index contributed by atoms with van der Waals surface area (Å²) in [5.41, 5.74) is 13.0. The fourth-order valence-corrected chi connectivity index (χ4v) is 3.40. The summed E-state index contributed by atoms with van der Waals surface area (Å²) in [4.78, 5) is 42.2. The van der Waals surface area contributed by atoms with Crippen molar-refractivity contribution in [1.29, 1.82) is 0 Å². The van der Waals surface area contributed by atoms with E-state index in [1.807, 2.05) is 12.1 Å². The standard InChI is InChI=1S/C20H23N5O3/c1-12-2-7-17(13-3-5-15(21)6-4-13)25(11-12)20(28)19(27)24-16-8-14(18(22)26)9-23-10-16/h3-6,8-10,12,17H,2,7,11,21H2,1H3,(H2,22,26)(H,24,27)/t12-,17+/m1/s1. The van der Waals surface area contributed by atoms with Gasteiger partial charge in [0, 0.05) is 18.4 Å². The number of nitrogens with two attached hydrogens (primary N) is 2. The van der Waals surface area contributed by atoms with E-state index < -0.39 is 17.7 Å². The Morgan fingerprint density at radius 2 is 1.86 bits per heavy atom. The van der Waals surface area contributed by atoms with E-state index >= 15 is 0 Å². The van der Waals surface area contributed by atoms with E-state index in [0.29, 0.717) is 18.2 Å². The molecule has 0 saturated carbocycles. The van der Waals surface area contributed by atoms with Crippen LogP contribution in [-0.2, 0) is 9.59 Å². The topological polar surface area (TPSA) is 131 Å². The minimum absolute atomic E-state index is 0.150. The Morgan fingerprint density at radius 3 is 2.54 bits per heavy atom. The summed E-state index contributed by atoms with van der Waals surface area (Å²) in [6.07, 6.45) is 4.38. The number of nitrogen functional groups attached to an aromatic ring is 1. The fourth-order valence-electron chi connectivity index (χ4n) is 3.40. The van der Waals surface area contributed by atoms with Crippen molar-refractivity contribution in [3.63, 3.8) is 0 Å². The van der Waals surface area contributed by atoms with Gasteiger partial charge in [0.1, 0.15) is 0 Å². The number of amides is 3. The highest BCUT2D eigenvalue weighted by Gasteiger charge is 2.34. The fraction of sp³-hybridized carbons (Fsp3) is 0.300. The van der Waals surface area contributed by atoms with Gasteiger partial charge in [-0.1, -0.05) is 19.1 Å². The number of hydrogen-bond donors (Lipinski definition) is 3. The maximum Gasteiger partial charge on any atom is 0.313 e. The molecule has 3 rings (SSSR count). The third-order valence-corrected chi connectivity index (χ3v) is 4.87. The van der Waals surface area contributed by atoms with Crippen molar-refractivity contribution < 1.29 is 14.4 Å². The third-order valence-electron chi connectivity index (χ3n) is 4.87. The second kappa shape index (κ2) is 8.08. The predicted octanol–water partition coefficient (Wildman–Crippen LogP) is 1.70. The van der Waals surface area contributed by atoms with Crippen molar-refractivity contribution in [2.45, 2.75) is 25.8 Å². The molecule has 3 amide bonds. The van der Waals surface area contributed by atoms with Crippen molar-refractivity contribution in [3.8, 4) is 0 Å². The Bertz CT molecular complexity index is 897. The molecule has 1 aliphatic heterocycles. The number of carbonyl (C=O) groups excluding carboxylic acids is 3. The van der Waals surface area contributed by atoms with E-state index in [4.69, 9.17) is 11.5 Å².